The molecule has 6 nitrogen and oxygen atoms in total. The van der Waals surface area contributed by atoms with E-state index in [2.05, 4.69) is 5.32 Å². The summed E-state index contributed by atoms with van der Waals surface area (Å²) in [7, 11) is 0. The number of rotatable bonds is 5. The van der Waals surface area contributed by atoms with E-state index in [0.29, 0.717) is 17.0 Å². The molecule has 1 aliphatic heterocycles. The number of hydrogen-bond acceptors (Lipinski definition) is 5. The van der Waals surface area contributed by atoms with Gasteiger partial charge in [-0.2, -0.15) is 0 Å². The van der Waals surface area contributed by atoms with E-state index in [1.165, 1.54) is 6.07 Å². The summed E-state index contributed by atoms with van der Waals surface area (Å²) in [4.78, 5) is 39.2. The van der Waals surface area contributed by atoms with Crippen LogP contribution in [0.2, 0.25) is 10.0 Å². The fourth-order valence-corrected chi connectivity index (χ4v) is 4.19. The first kappa shape index (κ1) is 24.8. The molecular formula is C26H19Cl3N2O4. The van der Waals surface area contributed by atoms with Gasteiger partial charge in [0.1, 0.15) is 16.5 Å². The third kappa shape index (κ3) is 4.78. The minimum absolute atomic E-state index is 0.0588. The van der Waals surface area contributed by atoms with E-state index in [9.17, 15) is 14.4 Å². The van der Waals surface area contributed by atoms with Crippen molar-refractivity contribution in [1.82, 2.24) is 0 Å². The van der Waals surface area contributed by atoms with E-state index in [4.69, 9.17) is 39.5 Å². The van der Waals surface area contributed by atoms with Crippen LogP contribution in [0.15, 0.2) is 65.3 Å². The number of imide groups is 1. The summed E-state index contributed by atoms with van der Waals surface area (Å²) < 4.78 is 5.58. The smallest absolute Gasteiger partial charge is 0.343 e. The summed E-state index contributed by atoms with van der Waals surface area (Å²) in [6, 6.07) is 14.7. The lowest BCUT2D eigenvalue weighted by molar-refractivity contribution is -0.120. The highest BCUT2D eigenvalue weighted by atomic mass is 35.5. The molecule has 9 heteroatoms. The molecule has 0 radical (unpaired) electrons. The lowest BCUT2D eigenvalue weighted by Crippen LogP contribution is -2.32. The van der Waals surface area contributed by atoms with Crippen LogP contribution in [-0.4, -0.2) is 17.8 Å². The van der Waals surface area contributed by atoms with E-state index >= 15 is 0 Å². The number of anilines is 2. The summed E-state index contributed by atoms with van der Waals surface area (Å²) in [6.45, 7) is 5.78. The molecule has 0 saturated carbocycles. The third-order valence-electron chi connectivity index (χ3n) is 5.56. The van der Waals surface area contributed by atoms with Crippen LogP contribution in [0.5, 0.6) is 5.75 Å². The zero-order valence-corrected chi connectivity index (χ0v) is 21.2. The Labute approximate surface area is 217 Å². The van der Waals surface area contributed by atoms with Crippen molar-refractivity contribution >= 4 is 64.0 Å². The number of halogens is 3. The number of aryl methyl sites for hydroxylation is 2. The molecule has 1 heterocycles. The average molecular weight is 530 g/mol. The van der Waals surface area contributed by atoms with Gasteiger partial charge >= 0.3 is 5.97 Å². The average Bonchev–Trinajstić information content (AvgIpc) is 3.02. The molecule has 2 amide bonds. The summed E-state index contributed by atoms with van der Waals surface area (Å²) in [5, 5.41) is 2.81. The van der Waals surface area contributed by atoms with Gasteiger partial charge in [-0.1, -0.05) is 46.9 Å². The summed E-state index contributed by atoms with van der Waals surface area (Å²) in [6.07, 6.45) is 0. The van der Waals surface area contributed by atoms with E-state index < -0.39 is 17.8 Å². The lowest BCUT2D eigenvalue weighted by atomic mass is 10.1. The van der Waals surface area contributed by atoms with Crippen LogP contribution in [0.25, 0.3) is 0 Å². The number of nitrogens with one attached hydrogen (secondary N) is 1. The molecule has 35 heavy (non-hydrogen) atoms. The fourth-order valence-electron chi connectivity index (χ4n) is 3.59. The quantitative estimate of drug-likeness (QED) is 0.230. The molecule has 3 aromatic rings. The maximum Gasteiger partial charge on any atom is 0.343 e. The summed E-state index contributed by atoms with van der Waals surface area (Å²) in [5.74, 6) is -1.43. The molecule has 1 N–H and O–H groups in total. The standard InChI is InChI=1S/C26H19Cl3N2O4/c1-13-11-14(2)15(3)20(12-13)35-26(34)16-7-9-17(10-8-16)30-23-22(29)24(32)31(25(23)33)19-6-4-5-18(27)21(19)28/h4-12,30H,1-3H3. The molecule has 4 rings (SSSR count). The molecule has 0 bridgehead atoms. The number of nitrogens with zero attached hydrogens (tertiary/aromatic N) is 1. The fraction of sp³-hybridized carbons (Fsp3) is 0.115. The molecular weight excluding hydrogens is 511 g/mol. The summed E-state index contributed by atoms with van der Waals surface area (Å²) in [5.41, 5.74) is 3.68. The minimum Gasteiger partial charge on any atom is -0.423 e. The van der Waals surface area contributed by atoms with Gasteiger partial charge in [0.25, 0.3) is 11.8 Å². The van der Waals surface area contributed by atoms with Crippen molar-refractivity contribution in [3.63, 3.8) is 0 Å². The summed E-state index contributed by atoms with van der Waals surface area (Å²) >= 11 is 18.4. The zero-order valence-electron chi connectivity index (χ0n) is 18.9. The van der Waals surface area contributed by atoms with E-state index in [1.54, 1.807) is 36.4 Å². The first-order valence-electron chi connectivity index (χ1n) is 10.5. The number of esters is 1. The van der Waals surface area contributed by atoms with Crippen molar-refractivity contribution in [3.8, 4) is 5.75 Å². The molecule has 1 aliphatic rings. The Kier molecular flexibility index (Phi) is 6.90. The van der Waals surface area contributed by atoms with Crippen LogP contribution >= 0.6 is 34.8 Å². The van der Waals surface area contributed by atoms with Crippen molar-refractivity contribution in [2.24, 2.45) is 0 Å². The minimum atomic E-state index is -0.729. The second-order valence-electron chi connectivity index (χ2n) is 8.00. The zero-order chi connectivity index (χ0) is 25.4. The van der Waals surface area contributed by atoms with Gasteiger partial charge in [0.15, 0.2) is 0 Å². The van der Waals surface area contributed by atoms with E-state index in [-0.39, 0.29) is 26.5 Å². The largest absolute Gasteiger partial charge is 0.423 e. The Hall–Kier alpha value is -3.32. The monoisotopic (exact) mass is 528 g/mol. The van der Waals surface area contributed by atoms with Crippen LogP contribution in [0, 0.1) is 20.8 Å². The van der Waals surface area contributed by atoms with Gasteiger partial charge in [0, 0.05) is 5.69 Å². The highest BCUT2D eigenvalue weighted by molar-refractivity contribution is 6.54. The highest BCUT2D eigenvalue weighted by Crippen LogP contribution is 2.37. The van der Waals surface area contributed by atoms with Gasteiger partial charge in [-0.25, -0.2) is 9.69 Å². The second-order valence-corrected chi connectivity index (χ2v) is 9.17. The van der Waals surface area contributed by atoms with Gasteiger partial charge in [-0.15, -0.1) is 0 Å². The molecule has 0 aromatic heterocycles. The van der Waals surface area contributed by atoms with Crippen LogP contribution < -0.4 is 15.0 Å². The number of ether oxygens (including phenoxy) is 1. The van der Waals surface area contributed by atoms with Crippen molar-refractivity contribution in [2.45, 2.75) is 20.8 Å². The Morgan fingerprint density at radius 3 is 2.29 bits per heavy atom. The molecule has 0 fully saturated rings. The number of carbonyl (C=O) groups is 3. The SMILES string of the molecule is Cc1cc(C)c(C)c(OC(=O)c2ccc(NC3=C(Cl)C(=O)N(c4cccc(Cl)c4Cl)C3=O)cc2)c1. The molecule has 0 aliphatic carbocycles. The first-order chi connectivity index (χ1) is 16.6. The van der Waals surface area contributed by atoms with E-state index in [0.717, 1.165) is 21.6 Å². The van der Waals surface area contributed by atoms with Crippen molar-refractivity contribution in [2.75, 3.05) is 10.2 Å². The Morgan fingerprint density at radius 1 is 0.914 bits per heavy atom. The number of benzene rings is 3. The maximum absolute atomic E-state index is 13.0. The van der Waals surface area contributed by atoms with Crippen LogP contribution in [-0.2, 0) is 9.59 Å². The van der Waals surface area contributed by atoms with Gasteiger partial charge in [0.05, 0.1) is 21.3 Å². The molecule has 178 valence electrons. The van der Waals surface area contributed by atoms with Crippen molar-refractivity contribution in [1.29, 1.82) is 0 Å². The van der Waals surface area contributed by atoms with Crippen LogP contribution in [0.1, 0.15) is 27.0 Å². The predicted molar refractivity (Wildman–Crippen MR) is 138 cm³/mol. The van der Waals surface area contributed by atoms with Gasteiger partial charge in [0.2, 0.25) is 0 Å². The second kappa shape index (κ2) is 9.74. The van der Waals surface area contributed by atoms with Gasteiger partial charge in [-0.3, -0.25) is 9.59 Å². The lowest BCUT2D eigenvalue weighted by Gasteiger charge is -2.17. The molecule has 0 atom stereocenters. The molecule has 0 spiro atoms. The Morgan fingerprint density at radius 2 is 1.60 bits per heavy atom. The van der Waals surface area contributed by atoms with Crippen LogP contribution in [0.3, 0.4) is 0 Å². The topological polar surface area (TPSA) is 75.7 Å². The first-order valence-corrected chi connectivity index (χ1v) is 11.6. The number of amides is 2. The number of hydrogen-bond donors (Lipinski definition) is 1. The van der Waals surface area contributed by atoms with Gasteiger partial charge < -0.3 is 10.1 Å². The molecule has 3 aromatic carbocycles. The Bertz CT molecular complexity index is 1410. The normalized spacial score (nSPS) is 13.5. The van der Waals surface area contributed by atoms with Gasteiger partial charge in [-0.05, 0) is 79.9 Å². The molecule has 0 saturated heterocycles. The molecule has 0 unspecified atom stereocenters. The third-order valence-corrected chi connectivity index (χ3v) is 6.72. The van der Waals surface area contributed by atoms with Crippen molar-refractivity contribution < 1.29 is 19.1 Å². The maximum atomic E-state index is 13.0. The van der Waals surface area contributed by atoms with Crippen LogP contribution in [0.4, 0.5) is 11.4 Å². The van der Waals surface area contributed by atoms with E-state index in [1.807, 2.05) is 32.9 Å². The Balaban J connectivity index is 1.52. The number of carbonyl (C=O) groups excluding carboxylic acids is 3. The highest BCUT2D eigenvalue weighted by Gasteiger charge is 2.40. The van der Waals surface area contributed by atoms with Crippen molar-refractivity contribution in [3.05, 3.63) is 97.6 Å². The predicted octanol–water partition coefficient (Wildman–Crippen LogP) is 6.57.